The lowest BCUT2D eigenvalue weighted by molar-refractivity contribution is -0.139. The van der Waals surface area contributed by atoms with E-state index in [9.17, 15) is 9.59 Å². The van der Waals surface area contributed by atoms with Crippen LogP contribution < -0.4 is 4.74 Å². The Morgan fingerprint density at radius 2 is 1.18 bits per heavy atom. The van der Waals surface area contributed by atoms with Crippen molar-refractivity contribution in [3.05, 3.63) is 132 Å². The number of imide groups is 1. The van der Waals surface area contributed by atoms with Gasteiger partial charge in [-0.3, -0.25) is 9.59 Å². The first-order valence-corrected chi connectivity index (χ1v) is 14.9. The number of benzene rings is 4. The number of ether oxygens (including phenoxy) is 1. The normalized spacial score (nSPS) is 22.7. The van der Waals surface area contributed by atoms with E-state index in [4.69, 9.17) is 4.74 Å². The van der Waals surface area contributed by atoms with Gasteiger partial charge in [-0.1, -0.05) is 78.9 Å². The van der Waals surface area contributed by atoms with E-state index in [1.807, 2.05) is 66.7 Å². The molecule has 7 heteroatoms. The van der Waals surface area contributed by atoms with Gasteiger partial charge in [-0.05, 0) is 90.7 Å². The van der Waals surface area contributed by atoms with E-state index in [1.165, 1.54) is 0 Å². The third-order valence-electron chi connectivity index (χ3n) is 7.99. The zero-order chi connectivity index (χ0) is 26.7. The Bertz CT molecular complexity index is 1530. The molecule has 0 unspecified atom stereocenters. The number of carbonyl (C=O) groups excluding carboxylic acids is 2. The van der Waals surface area contributed by atoms with Crippen molar-refractivity contribution in [2.75, 3.05) is 0 Å². The van der Waals surface area contributed by atoms with Crippen molar-refractivity contribution in [3.63, 3.8) is 0 Å². The second kappa shape index (κ2) is 9.85. The molecule has 5 nitrogen and oxygen atoms in total. The van der Waals surface area contributed by atoms with Crippen LogP contribution in [0.4, 0.5) is 0 Å². The number of carbonyl (C=O) groups is 2. The molecule has 1 aliphatic heterocycles. The third kappa shape index (κ3) is 4.04. The molecule has 8 rings (SSSR count). The van der Waals surface area contributed by atoms with Crippen LogP contribution in [0.5, 0.6) is 5.75 Å². The van der Waals surface area contributed by atoms with Crippen LogP contribution in [-0.4, -0.2) is 23.0 Å². The summed E-state index contributed by atoms with van der Waals surface area (Å²) >= 11 is 4.51. The maximum atomic E-state index is 13.8. The number of nitrogens with zero attached hydrogens (tertiary/aromatic N) is 2. The van der Waals surface area contributed by atoms with Crippen molar-refractivity contribution in [2.45, 2.75) is 18.4 Å². The highest BCUT2D eigenvalue weighted by Crippen LogP contribution is 2.60. The largest absolute Gasteiger partial charge is 0.487 e. The summed E-state index contributed by atoms with van der Waals surface area (Å²) in [7, 11) is 0. The van der Waals surface area contributed by atoms with Gasteiger partial charge in [0.25, 0.3) is 11.8 Å². The fourth-order valence-corrected chi connectivity index (χ4v) is 8.55. The van der Waals surface area contributed by atoms with Crippen LogP contribution in [0, 0.1) is 19.0 Å². The summed E-state index contributed by atoms with van der Waals surface area (Å²) in [6.07, 6.45) is 1.61. The molecule has 2 atom stereocenters. The Morgan fingerprint density at radius 1 is 0.718 bits per heavy atom. The molecule has 1 saturated heterocycles. The van der Waals surface area contributed by atoms with Gasteiger partial charge in [0.2, 0.25) is 0 Å². The molecule has 39 heavy (non-hydrogen) atoms. The summed E-state index contributed by atoms with van der Waals surface area (Å²) in [5, 5.41) is 5.59. The second-order valence-electron chi connectivity index (χ2n) is 10.1. The highest BCUT2D eigenvalue weighted by molar-refractivity contribution is 14.1. The number of rotatable bonds is 5. The van der Waals surface area contributed by atoms with Gasteiger partial charge in [0, 0.05) is 11.8 Å². The summed E-state index contributed by atoms with van der Waals surface area (Å²) in [5.41, 5.74) is 6.53. The zero-order valence-electron chi connectivity index (χ0n) is 20.6. The maximum Gasteiger partial charge on any atom is 0.254 e. The standard InChI is InChI=1S/C32H22I2N2O3/c33-24-14-19(15-25(34)30(24)39-17-18-8-2-1-3-9-18)16-35-36-31(37)28-26-20-10-4-5-11-21(20)27(29(28)32(36)38)23-13-7-6-12-22(23)26/h1-16,26-29H,17H2/b35-16-/t26?,27?,28-,29-/m0/s1. The lowest BCUT2D eigenvalue weighted by Crippen LogP contribution is -2.41. The highest BCUT2D eigenvalue weighted by atomic mass is 127. The van der Waals surface area contributed by atoms with E-state index in [0.29, 0.717) is 6.61 Å². The topological polar surface area (TPSA) is 59.0 Å². The van der Waals surface area contributed by atoms with Crippen molar-refractivity contribution >= 4 is 63.2 Å². The third-order valence-corrected chi connectivity index (χ3v) is 9.60. The first kappa shape index (κ1) is 25.0. The lowest BCUT2D eigenvalue weighted by Gasteiger charge is -2.45. The van der Waals surface area contributed by atoms with Gasteiger partial charge in [-0.2, -0.15) is 10.1 Å². The van der Waals surface area contributed by atoms with Crippen molar-refractivity contribution in [3.8, 4) is 5.75 Å². The number of halogens is 2. The van der Waals surface area contributed by atoms with Crippen molar-refractivity contribution in [1.82, 2.24) is 5.01 Å². The van der Waals surface area contributed by atoms with Gasteiger partial charge in [0.05, 0.1) is 25.2 Å². The molecule has 0 aromatic heterocycles. The minimum Gasteiger partial charge on any atom is -0.487 e. The molecule has 192 valence electrons. The first-order valence-electron chi connectivity index (χ1n) is 12.8. The minimum atomic E-state index is -0.432. The fourth-order valence-electron chi connectivity index (χ4n) is 6.42. The van der Waals surface area contributed by atoms with Crippen molar-refractivity contribution < 1.29 is 14.3 Å². The number of hydrogen-bond acceptors (Lipinski definition) is 4. The average molecular weight is 736 g/mol. The Morgan fingerprint density at radius 3 is 1.67 bits per heavy atom. The van der Waals surface area contributed by atoms with Gasteiger partial charge < -0.3 is 4.74 Å². The molecule has 1 heterocycles. The van der Waals surface area contributed by atoms with Gasteiger partial charge in [-0.15, -0.1) is 0 Å². The Labute approximate surface area is 253 Å². The summed E-state index contributed by atoms with van der Waals surface area (Å²) < 4.78 is 7.98. The molecule has 0 spiro atoms. The van der Waals surface area contributed by atoms with Crippen LogP contribution in [0.2, 0.25) is 0 Å². The van der Waals surface area contributed by atoms with Gasteiger partial charge in [-0.25, -0.2) is 0 Å². The molecule has 4 aliphatic rings. The van der Waals surface area contributed by atoms with E-state index in [-0.39, 0.29) is 23.7 Å². The smallest absolute Gasteiger partial charge is 0.254 e. The monoisotopic (exact) mass is 736 g/mol. The Hall–Kier alpha value is -3.05. The molecular weight excluding hydrogens is 714 g/mol. The first-order chi connectivity index (χ1) is 19.0. The lowest BCUT2D eigenvalue weighted by atomic mass is 9.55. The average Bonchev–Trinajstić information content (AvgIpc) is 3.21. The molecule has 2 bridgehead atoms. The second-order valence-corrected chi connectivity index (χ2v) is 12.4. The van der Waals surface area contributed by atoms with Crippen molar-refractivity contribution in [1.29, 1.82) is 0 Å². The van der Waals surface area contributed by atoms with E-state index in [2.05, 4.69) is 74.5 Å². The number of hydrazone groups is 1. The summed E-state index contributed by atoms with van der Waals surface area (Å²) in [5.74, 6) is -0.750. The maximum absolute atomic E-state index is 13.8. The van der Waals surface area contributed by atoms with E-state index in [1.54, 1.807) is 6.21 Å². The quantitative estimate of drug-likeness (QED) is 0.130. The molecule has 0 radical (unpaired) electrons. The molecule has 0 saturated carbocycles. The number of amides is 2. The molecular formula is C32H22I2N2O3. The Kier molecular flexibility index (Phi) is 6.30. The molecule has 4 aromatic rings. The molecule has 1 fully saturated rings. The van der Waals surface area contributed by atoms with Crippen LogP contribution in [-0.2, 0) is 16.2 Å². The van der Waals surface area contributed by atoms with Crippen LogP contribution in [0.15, 0.2) is 96.1 Å². The minimum absolute atomic E-state index is 0.132. The molecule has 2 amide bonds. The van der Waals surface area contributed by atoms with Crippen LogP contribution >= 0.6 is 45.2 Å². The highest BCUT2D eigenvalue weighted by Gasteiger charge is 2.61. The predicted molar refractivity (Wildman–Crippen MR) is 166 cm³/mol. The van der Waals surface area contributed by atoms with Crippen LogP contribution in [0.25, 0.3) is 0 Å². The molecule has 4 aromatic carbocycles. The fraction of sp³-hybridized carbons (Fsp3) is 0.156. The predicted octanol–water partition coefficient (Wildman–Crippen LogP) is 6.70. The van der Waals surface area contributed by atoms with E-state index < -0.39 is 11.8 Å². The van der Waals surface area contributed by atoms with Gasteiger partial charge in [0.1, 0.15) is 12.4 Å². The Balaban J connectivity index is 1.17. The summed E-state index contributed by atoms with van der Waals surface area (Å²) in [4.78, 5) is 27.5. The van der Waals surface area contributed by atoms with Gasteiger partial charge in [0.15, 0.2) is 0 Å². The number of hydrogen-bond donors (Lipinski definition) is 0. The van der Waals surface area contributed by atoms with Crippen LogP contribution in [0.1, 0.15) is 45.2 Å². The SMILES string of the molecule is O=C1[C@H]2C3c4ccccc4C(c4ccccc43)[C@@H]2C(=O)N1/N=C\c1cc(I)c(OCc2ccccc2)c(I)c1. The molecule has 3 aliphatic carbocycles. The van der Waals surface area contributed by atoms with E-state index >= 15 is 0 Å². The molecule has 0 N–H and O–H groups in total. The zero-order valence-corrected chi connectivity index (χ0v) is 24.9. The van der Waals surface area contributed by atoms with Crippen molar-refractivity contribution in [2.24, 2.45) is 16.9 Å². The summed E-state index contributed by atoms with van der Waals surface area (Å²) in [6.45, 7) is 0.479. The van der Waals surface area contributed by atoms with Gasteiger partial charge >= 0.3 is 0 Å². The van der Waals surface area contributed by atoms with Crippen LogP contribution in [0.3, 0.4) is 0 Å². The van der Waals surface area contributed by atoms with E-state index in [0.717, 1.165) is 51.3 Å². The summed E-state index contributed by atoms with van der Waals surface area (Å²) in [6, 6.07) is 30.5.